The van der Waals surface area contributed by atoms with Gasteiger partial charge >= 0.3 is 6.08 Å². The predicted octanol–water partition coefficient (Wildman–Crippen LogP) is 1.74. The van der Waals surface area contributed by atoms with Gasteiger partial charge in [0.1, 0.15) is 12.0 Å². The number of rotatable bonds is 4. The number of oxazole rings is 1. The Morgan fingerprint density at radius 2 is 2.38 bits per heavy atom. The van der Waals surface area contributed by atoms with E-state index < -0.39 is 0 Å². The van der Waals surface area contributed by atoms with Crippen LogP contribution in [0.4, 0.5) is 0 Å². The lowest BCUT2D eigenvalue weighted by Crippen LogP contribution is -1.99. The molecule has 6 heteroatoms. The molecule has 0 saturated carbocycles. The van der Waals surface area contributed by atoms with Crippen LogP contribution in [0.15, 0.2) is 23.1 Å². The van der Waals surface area contributed by atoms with Crippen molar-refractivity contribution in [3.8, 4) is 11.8 Å². The molecule has 16 heavy (non-hydrogen) atoms. The van der Waals surface area contributed by atoms with Crippen LogP contribution < -0.4 is 4.74 Å². The Morgan fingerprint density at radius 1 is 1.56 bits per heavy atom. The van der Waals surface area contributed by atoms with Gasteiger partial charge in [-0.05, 0) is 13.8 Å². The molecular formula is C10H13N3O3. The number of aromatic nitrogens is 3. The van der Waals surface area contributed by atoms with Gasteiger partial charge in [0.2, 0.25) is 0 Å². The fourth-order valence-electron chi connectivity index (χ4n) is 1.16. The molecule has 2 aromatic heterocycles. The van der Waals surface area contributed by atoms with Crippen LogP contribution in [-0.4, -0.2) is 19.9 Å². The number of aliphatic hydroxyl groups is 1. The Morgan fingerprint density at radius 3 is 2.94 bits per heavy atom. The van der Waals surface area contributed by atoms with Gasteiger partial charge in [0.15, 0.2) is 5.75 Å². The van der Waals surface area contributed by atoms with Gasteiger partial charge in [-0.3, -0.25) is 4.68 Å². The van der Waals surface area contributed by atoms with Crippen LogP contribution >= 0.6 is 0 Å². The summed E-state index contributed by atoms with van der Waals surface area (Å²) in [5, 5.41) is 12.9. The van der Waals surface area contributed by atoms with Crippen molar-refractivity contribution in [3.05, 3.63) is 24.4 Å². The molecular weight excluding hydrogens is 210 g/mol. The summed E-state index contributed by atoms with van der Waals surface area (Å²) in [4.78, 5) is 3.90. The number of ether oxygens (including phenoxy) is 1. The molecule has 0 spiro atoms. The van der Waals surface area contributed by atoms with Crippen molar-refractivity contribution in [3.63, 3.8) is 0 Å². The zero-order valence-corrected chi connectivity index (χ0v) is 9.12. The molecule has 0 aromatic carbocycles. The van der Waals surface area contributed by atoms with Gasteiger partial charge in [0, 0.05) is 6.04 Å². The van der Waals surface area contributed by atoms with Gasteiger partial charge < -0.3 is 14.3 Å². The van der Waals surface area contributed by atoms with E-state index in [-0.39, 0.29) is 18.7 Å². The minimum atomic E-state index is -0.169. The number of hydrogen-bond donors (Lipinski definition) is 1. The molecule has 2 aromatic rings. The van der Waals surface area contributed by atoms with Crippen LogP contribution in [0.1, 0.15) is 25.6 Å². The standard InChI is InChI=1S/C10H13N3O3/c1-7(2)13-4-9(3-11-13)16-10-12-8(5-14)6-15-10/h3-4,6-7,14H,5H2,1-2H3. The van der Waals surface area contributed by atoms with Gasteiger partial charge in [-0.1, -0.05) is 0 Å². The highest BCUT2D eigenvalue weighted by Crippen LogP contribution is 2.20. The van der Waals surface area contributed by atoms with E-state index in [9.17, 15) is 0 Å². The number of nitrogens with zero attached hydrogens (tertiary/aromatic N) is 3. The smallest absolute Gasteiger partial charge is 0.399 e. The third-order valence-electron chi connectivity index (χ3n) is 2.00. The van der Waals surface area contributed by atoms with Crippen LogP contribution in [0.25, 0.3) is 0 Å². The van der Waals surface area contributed by atoms with Crippen molar-refractivity contribution in [2.45, 2.75) is 26.5 Å². The van der Waals surface area contributed by atoms with Gasteiger partial charge in [-0.25, -0.2) is 0 Å². The van der Waals surface area contributed by atoms with Crippen molar-refractivity contribution >= 4 is 0 Å². The van der Waals surface area contributed by atoms with Gasteiger partial charge in [-0.2, -0.15) is 10.1 Å². The molecule has 0 unspecified atom stereocenters. The fourth-order valence-corrected chi connectivity index (χ4v) is 1.16. The fraction of sp³-hybridized carbons (Fsp3) is 0.400. The highest BCUT2D eigenvalue weighted by Gasteiger charge is 2.08. The van der Waals surface area contributed by atoms with Crippen LogP contribution in [0, 0.1) is 0 Å². The summed E-state index contributed by atoms with van der Waals surface area (Å²) in [7, 11) is 0. The predicted molar refractivity (Wildman–Crippen MR) is 55.1 cm³/mol. The van der Waals surface area contributed by atoms with E-state index in [0.29, 0.717) is 11.4 Å². The van der Waals surface area contributed by atoms with E-state index in [4.69, 9.17) is 14.3 Å². The van der Waals surface area contributed by atoms with E-state index in [1.807, 2.05) is 13.8 Å². The molecule has 2 rings (SSSR count). The minimum Gasteiger partial charge on any atom is -0.417 e. The van der Waals surface area contributed by atoms with Crippen LogP contribution in [0.2, 0.25) is 0 Å². The SMILES string of the molecule is CC(C)n1cc(Oc2nc(CO)co2)cn1. The third kappa shape index (κ3) is 2.22. The minimum absolute atomic E-state index is 0.104. The monoisotopic (exact) mass is 223 g/mol. The zero-order chi connectivity index (χ0) is 11.5. The number of hydrogen-bond acceptors (Lipinski definition) is 5. The topological polar surface area (TPSA) is 73.3 Å². The summed E-state index contributed by atoms with van der Waals surface area (Å²) < 4.78 is 12.1. The van der Waals surface area contributed by atoms with E-state index in [1.165, 1.54) is 6.26 Å². The normalized spacial score (nSPS) is 11.0. The third-order valence-corrected chi connectivity index (χ3v) is 2.00. The summed E-state index contributed by atoms with van der Waals surface area (Å²) in [5.74, 6) is 0.556. The summed E-state index contributed by atoms with van der Waals surface area (Å²) in [6, 6.07) is 0.273. The quantitative estimate of drug-likeness (QED) is 0.854. The molecule has 0 fully saturated rings. The molecule has 0 aliphatic carbocycles. The maximum absolute atomic E-state index is 8.80. The molecule has 0 bridgehead atoms. The van der Waals surface area contributed by atoms with E-state index in [0.717, 1.165) is 0 Å². The Balaban J connectivity index is 2.08. The van der Waals surface area contributed by atoms with Crippen LogP contribution in [-0.2, 0) is 6.61 Å². The zero-order valence-electron chi connectivity index (χ0n) is 9.12. The van der Waals surface area contributed by atoms with Crippen molar-refractivity contribution in [2.24, 2.45) is 0 Å². The van der Waals surface area contributed by atoms with Crippen molar-refractivity contribution in [1.82, 2.24) is 14.8 Å². The van der Waals surface area contributed by atoms with Gasteiger partial charge in [0.25, 0.3) is 0 Å². The molecule has 0 atom stereocenters. The Bertz CT molecular complexity index is 461. The second-order valence-electron chi connectivity index (χ2n) is 3.61. The van der Waals surface area contributed by atoms with Gasteiger partial charge in [-0.15, -0.1) is 0 Å². The summed E-state index contributed by atoms with van der Waals surface area (Å²) in [5.41, 5.74) is 0.436. The average Bonchev–Trinajstić information content (AvgIpc) is 2.87. The summed E-state index contributed by atoms with van der Waals surface area (Å²) in [6.45, 7) is 3.87. The molecule has 86 valence electrons. The lowest BCUT2D eigenvalue weighted by atomic mass is 10.4. The molecule has 1 N–H and O–H groups in total. The molecule has 0 aliphatic rings. The summed E-state index contributed by atoms with van der Waals surface area (Å²) >= 11 is 0. The van der Waals surface area contributed by atoms with Crippen molar-refractivity contribution in [1.29, 1.82) is 0 Å². The van der Waals surface area contributed by atoms with Gasteiger partial charge in [0.05, 0.1) is 19.0 Å². The van der Waals surface area contributed by atoms with Crippen LogP contribution in [0.5, 0.6) is 11.8 Å². The van der Waals surface area contributed by atoms with E-state index >= 15 is 0 Å². The molecule has 6 nitrogen and oxygen atoms in total. The molecule has 0 radical (unpaired) electrons. The number of aliphatic hydroxyl groups excluding tert-OH is 1. The second-order valence-corrected chi connectivity index (χ2v) is 3.61. The van der Waals surface area contributed by atoms with Crippen molar-refractivity contribution < 1.29 is 14.3 Å². The van der Waals surface area contributed by atoms with Crippen molar-refractivity contribution in [2.75, 3.05) is 0 Å². The van der Waals surface area contributed by atoms with E-state index in [1.54, 1.807) is 17.1 Å². The van der Waals surface area contributed by atoms with E-state index in [2.05, 4.69) is 10.1 Å². The first-order chi connectivity index (χ1) is 7.69. The molecule has 2 heterocycles. The first-order valence-corrected chi connectivity index (χ1v) is 4.96. The lowest BCUT2D eigenvalue weighted by molar-refractivity contribution is 0.276. The average molecular weight is 223 g/mol. The maximum Gasteiger partial charge on any atom is 0.399 e. The largest absolute Gasteiger partial charge is 0.417 e. The Labute approximate surface area is 92.5 Å². The van der Waals surface area contributed by atoms with Crippen LogP contribution in [0.3, 0.4) is 0 Å². The highest BCUT2D eigenvalue weighted by molar-refractivity contribution is 5.16. The summed E-state index contributed by atoms with van der Waals surface area (Å²) in [6.07, 6.45) is 4.80. The molecule has 0 amide bonds. The molecule has 0 aliphatic heterocycles. The lowest BCUT2D eigenvalue weighted by Gasteiger charge is -2.02. The first-order valence-electron chi connectivity index (χ1n) is 4.96. The first kappa shape index (κ1) is 10.7. The maximum atomic E-state index is 8.80. The molecule has 0 saturated heterocycles. The highest BCUT2D eigenvalue weighted by atomic mass is 16.6. The Hall–Kier alpha value is -1.82. The second kappa shape index (κ2) is 4.36. The Kier molecular flexibility index (Phi) is 2.91.